The molecular formula is C11H17NS. The van der Waals surface area contributed by atoms with Gasteiger partial charge in [-0.05, 0) is 30.9 Å². The van der Waals surface area contributed by atoms with Crippen LogP contribution in [-0.2, 0) is 0 Å². The molecule has 0 N–H and O–H groups in total. The van der Waals surface area contributed by atoms with Crippen molar-refractivity contribution < 1.29 is 0 Å². The van der Waals surface area contributed by atoms with E-state index in [1.54, 1.807) is 11.8 Å². The zero-order valence-corrected chi connectivity index (χ0v) is 9.40. The highest BCUT2D eigenvalue weighted by atomic mass is 32.2. The summed E-state index contributed by atoms with van der Waals surface area (Å²) in [5, 5.41) is 0. The lowest BCUT2D eigenvalue weighted by Gasteiger charge is -2.18. The second kappa shape index (κ2) is 5.18. The quantitative estimate of drug-likeness (QED) is 0.678. The summed E-state index contributed by atoms with van der Waals surface area (Å²) in [6, 6.07) is 8.66. The Balaban J connectivity index is 2.75. The molecule has 1 nitrogen and oxygen atoms in total. The molecule has 0 atom stereocenters. The molecule has 0 saturated heterocycles. The summed E-state index contributed by atoms with van der Waals surface area (Å²) in [7, 11) is 2.14. The van der Waals surface area contributed by atoms with Crippen molar-refractivity contribution in [3.8, 4) is 0 Å². The van der Waals surface area contributed by atoms with Crippen LogP contribution in [0.3, 0.4) is 0 Å². The standard InChI is InChI=1S/C11H17NS/c1-4-8-12(2)10-6-5-7-11(9-10)13-3/h5-7,9H,4,8H2,1-3H3. The molecule has 0 aromatic heterocycles. The Bertz CT molecular complexity index is 260. The van der Waals surface area contributed by atoms with Gasteiger partial charge in [0.05, 0.1) is 0 Å². The number of rotatable bonds is 4. The first-order chi connectivity index (χ1) is 6.27. The fraction of sp³-hybridized carbons (Fsp3) is 0.455. The van der Waals surface area contributed by atoms with Crippen LogP contribution < -0.4 is 4.90 Å². The molecule has 0 aliphatic rings. The molecule has 1 rings (SSSR count). The Labute approximate surface area is 85.1 Å². The largest absolute Gasteiger partial charge is 0.375 e. The molecule has 0 aliphatic carbocycles. The third kappa shape index (κ3) is 2.96. The van der Waals surface area contributed by atoms with Crippen LogP contribution in [0.15, 0.2) is 29.2 Å². The molecule has 0 saturated carbocycles. The van der Waals surface area contributed by atoms with Gasteiger partial charge in [-0.15, -0.1) is 11.8 Å². The predicted octanol–water partition coefficient (Wildman–Crippen LogP) is 3.25. The summed E-state index contributed by atoms with van der Waals surface area (Å²) in [6.07, 6.45) is 3.30. The topological polar surface area (TPSA) is 3.24 Å². The zero-order valence-electron chi connectivity index (χ0n) is 8.58. The highest BCUT2D eigenvalue weighted by molar-refractivity contribution is 7.98. The van der Waals surface area contributed by atoms with Gasteiger partial charge in [0.2, 0.25) is 0 Å². The fourth-order valence-corrected chi connectivity index (χ4v) is 1.77. The number of benzene rings is 1. The minimum absolute atomic E-state index is 1.12. The second-order valence-electron chi connectivity index (χ2n) is 3.12. The van der Waals surface area contributed by atoms with Gasteiger partial charge in [-0.1, -0.05) is 13.0 Å². The van der Waals surface area contributed by atoms with Crippen molar-refractivity contribution in [3.05, 3.63) is 24.3 Å². The van der Waals surface area contributed by atoms with Gasteiger partial charge in [0, 0.05) is 24.2 Å². The van der Waals surface area contributed by atoms with Crippen molar-refractivity contribution in [3.63, 3.8) is 0 Å². The minimum Gasteiger partial charge on any atom is -0.375 e. The fourth-order valence-electron chi connectivity index (χ4n) is 1.31. The van der Waals surface area contributed by atoms with Crippen LogP contribution in [0.1, 0.15) is 13.3 Å². The number of hydrogen-bond donors (Lipinski definition) is 0. The molecule has 0 fully saturated rings. The van der Waals surface area contributed by atoms with E-state index in [1.165, 1.54) is 17.0 Å². The average Bonchev–Trinajstić information content (AvgIpc) is 2.18. The minimum atomic E-state index is 1.12. The van der Waals surface area contributed by atoms with E-state index in [4.69, 9.17) is 0 Å². The number of thioether (sulfide) groups is 1. The first-order valence-electron chi connectivity index (χ1n) is 4.63. The summed E-state index contributed by atoms with van der Waals surface area (Å²) in [5.74, 6) is 0. The third-order valence-corrected chi connectivity index (χ3v) is 2.78. The van der Waals surface area contributed by atoms with Gasteiger partial charge >= 0.3 is 0 Å². The molecule has 0 heterocycles. The Morgan fingerprint density at radius 2 is 2.15 bits per heavy atom. The van der Waals surface area contributed by atoms with E-state index < -0.39 is 0 Å². The van der Waals surface area contributed by atoms with Crippen molar-refractivity contribution >= 4 is 17.4 Å². The molecular weight excluding hydrogens is 178 g/mol. The summed E-state index contributed by atoms with van der Waals surface area (Å²) >= 11 is 1.79. The zero-order chi connectivity index (χ0) is 9.68. The Hall–Kier alpha value is -0.630. The van der Waals surface area contributed by atoms with E-state index in [1.807, 2.05) is 0 Å². The molecule has 13 heavy (non-hydrogen) atoms. The maximum Gasteiger partial charge on any atom is 0.0374 e. The molecule has 0 aliphatic heterocycles. The van der Waals surface area contributed by atoms with Crippen LogP contribution in [0.4, 0.5) is 5.69 Å². The van der Waals surface area contributed by atoms with Crippen LogP contribution in [0.2, 0.25) is 0 Å². The van der Waals surface area contributed by atoms with Gasteiger partial charge in [0.15, 0.2) is 0 Å². The predicted molar refractivity (Wildman–Crippen MR) is 61.8 cm³/mol. The van der Waals surface area contributed by atoms with Crippen molar-refractivity contribution in [1.82, 2.24) is 0 Å². The third-order valence-electron chi connectivity index (χ3n) is 2.05. The smallest absolute Gasteiger partial charge is 0.0374 e. The van der Waals surface area contributed by atoms with Crippen LogP contribution in [0.25, 0.3) is 0 Å². The SMILES string of the molecule is CCCN(C)c1cccc(SC)c1. The first kappa shape index (κ1) is 10.5. The maximum atomic E-state index is 2.29. The van der Waals surface area contributed by atoms with Gasteiger partial charge in [-0.3, -0.25) is 0 Å². The summed E-state index contributed by atoms with van der Waals surface area (Å²) in [6.45, 7) is 3.33. The molecule has 0 amide bonds. The number of nitrogens with zero attached hydrogens (tertiary/aromatic N) is 1. The van der Waals surface area contributed by atoms with E-state index in [-0.39, 0.29) is 0 Å². The maximum absolute atomic E-state index is 2.29. The van der Waals surface area contributed by atoms with Crippen LogP contribution >= 0.6 is 11.8 Å². The van der Waals surface area contributed by atoms with Gasteiger partial charge in [0.1, 0.15) is 0 Å². The van der Waals surface area contributed by atoms with E-state index in [0.717, 1.165) is 6.54 Å². The summed E-state index contributed by atoms with van der Waals surface area (Å²) in [4.78, 5) is 3.63. The molecule has 1 aromatic carbocycles. The van der Waals surface area contributed by atoms with E-state index in [0.29, 0.717) is 0 Å². The molecule has 2 heteroatoms. The van der Waals surface area contributed by atoms with Gasteiger partial charge in [0.25, 0.3) is 0 Å². The summed E-state index contributed by atoms with van der Waals surface area (Å²) in [5.41, 5.74) is 1.31. The lowest BCUT2D eigenvalue weighted by molar-refractivity contribution is 0.851. The highest BCUT2D eigenvalue weighted by Crippen LogP contribution is 2.21. The van der Waals surface area contributed by atoms with E-state index in [9.17, 15) is 0 Å². The van der Waals surface area contributed by atoms with E-state index in [2.05, 4.69) is 49.4 Å². The van der Waals surface area contributed by atoms with Crippen LogP contribution in [-0.4, -0.2) is 19.8 Å². The van der Waals surface area contributed by atoms with Crippen LogP contribution in [0.5, 0.6) is 0 Å². The normalized spacial score (nSPS) is 10.1. The van der Waals surface area contributed by atoms with Crippen molar-refractivity contribution in [1.29, 1.82) is 0 Å². The highest BCUT2D eigenvalue weighted by Gasteiger charge is 1.99. The summed E-state index contributed by atoms with van der Waals surface area (Å²) < 4.78 is 0. The van der Waals surface area contributed by atoms with Crippen molar-refractivity contribution in [2.75, 3.05) is 24.7 Å². The molecule has 0 unspecified atom stereocenters. The van der Waals surface area contributed by atoms with E-state index >= 15 is 0 Å². The number of anilines is 1. The molecule has 0 spiro atoms. The van der Waals surface area contributed by atoms with Gasteiger partial charge in [-0.25, -0.2) is 0 Å². The first-order valence-corrected chi connectivity index (χ1v) is 5.85. The number of hydrogen-bond acceptors (Lipinski definition) is 2. The van der Waals surface area contributed by atoms with Gasteiger partial charge < -0.3 is 4.90 Å². The lowest BCUT2D eigenvalue weighted by atomic mass is 10.3. The van der Waals surface area contributed by atoms with Gasteiger partial charge in [-0.2, -0.15) is 0 Å². The Morgan fingerprint density at radius 3 is 2.77 bits per heavy atom. The molecule has 0 radical (unpaired) electrons. The van der Waals surface area contributed by atoms with Crippen molar-refractivity contribution in [2.45, 2.75) is 18.2 Å². The molecule has 1 aromatic rings. The Morgan fingerprint density at radius 1 is 1.38 bits per heavy atom. The second-order valence-corrected chi connectivity index (χ2v) is 4.00. The molecule has 72 valence electrons. The Kier molecular flexibility index (Phi) is 4.16. The van der Waals surface area contributed by atoms with Crippen molar-refractivity contribution in [2.24, 2.45) is 0 Å². The monoisotopic (exact) mass is 195 g/mol. The molecule has 0 bridgehead atoms. The average molecular weight is 195 g/mol. The van der Waals surface area contributed by atoms with Crippen LogP contribution in [0, 0.1) is 0 Å². The lowest BCUT2D eigenvalue weighted by Crippen LogP contribution is -2.17.